The van der Waals surface area contributed by atoms with E-state index in [4.69, 9.17) is 20.9 Å². The van der Waals surface area contributed by atoms with Gasteiger partial charge in [-0.2, -0.15) is 0 Å². The molecule has 0 radical (unpaired) electrons. The first-order chi connectivity index (χ1) is 8.94. The van der Waals surface area contributed by atoms with Crippen LogP contribution in [-0.4, -0.2) is 23.9 Å². The van der Waals surface area contributed by atoms with Gasteiger partial charge in [0.25, 0.3) is 0 Å². The van der Waals surface area contributed by atoms with Crippen LogP contribution in [0.2, 0.25) is 5.02 Å². The van der Waals surface area contributed by atoms with E-state index in [-0.39, 0.29) is 13.2 Å². The molecule has 0 aromatic heterocycles. The van der Waals surface area contributed by atoms with Crippen molar-refractivity contribution in [3.63, 3.8) is 0 Å². The fourth-order valence-electron chi connectivity index (χ4n) is 1.14. The largest absolute Gasteiger partial charge is 0.490 e. The van der Waals surface area contributed by atoms with Gasteiger partial charge in [-0.3, -0.25) is 4.52 Å². The molecule has 1 rings (SSSR count). The van der Waals surface area contributed by atoms with Crippen molar-refractivity contribution in [2.75, 3.05) is 19.0 Å². The van der Waals surface area contributed by atoms with Crippen LogP contribution in [0.1, 0.15) is 13.3 Å². The Bertz CT molecular complexity index is 460. The predicted octanol–water partition coefficient (Wildman–Crippen LogP) is 4.74. The summed E-state index contributed by atoms with van der Waals surface area (Å²) < 4.78 is 22.6. The van der Waals surface area contributed by atoms with Crippen molar-refractivity contribution in [1.82, 2.24) is 0 Å². The molecule has 1 unspecified atom stereocenters. The Morgan fingerprint density at radius 1 is 1.47 bits per heavy atom. The van der Waals surface area contributed by atoms with E-state index in [0.717, 1.165) is 22.3 Å². The first-order valence-corrected chi connectivity index (χ1v) is 9.98. The lowest BCUT2D eigenvalue weighted by Crippen LogP contribution is -2.05. The second-order valence-corrected chi connectivity index (χ2v) is 8.90. The molecule has 0 saturated carbocycles. The van der Waals surface area contributed by atoms with E-state index in [1.54, 1.807) is 18.2 Å². The lowest BCUT2D eigenvalue weighted by Gasteiger charge is -2.12. The number of rotatable bonds is 8. The topological polar surface area (TPSA) is 55.8 Å². The number of hydrogen-bond donors (Lipinski definition) is 1. The molecule has 1 aromatic rings. The monoisotopic (exact) mass is 388 g/mol. The van der Waals surface area contributed by atoms with Crippen molar-refractivity contribution in [3.8, 4) is 5.75 Å². The van der Waals surface area contributed by atoms with Crippen LogP contribution in [0.25, 0.3) is 0 Å². The van der Waals surface area contributed by atoms with Gasteiger partial charge in [-0.15, -0.1) is 0 Å². The fraction of sp³-hybridized carbons (Fsp3) is 0.455. The third-order valence-corrected chi connectivity index (χ3v) is 6.01. The maximum atomic E-state index is 11.5. The number of halogens is 2. The average molecular weight is 390 g/mol. The normalized spacial score (nSPS) is 14.1. The van der Waals surface area contributed by atoms with Crippen molar-refractivity contribution in [1.29, 1.82) is 0 Å². The Kier molecular flexibility index (Phi) is 7.80. The highest BCUT2D eigenvalue weighted by Gasteiger charge is 2.19. The Labute approximate surface area is 130 Å². The smallest absolute Gasteiger partial charge is 0.386 e. The third kappa shape index (κ3) is 7.02. The van der Waals surface area contributed by atoms with Gasteiger partial charge < -0.3 is 9.63 Å². The molecular weight excluding hydrogens is 375 g/mol. The molecule has 0 saturated heterocycles. The maximum absolute atomic E-state index is 11.5. The highest BCUT2D eigenvalue weighted by molar-refractivity contribution is 9.10. The molecule has 0 bridgehead atoms. The summed E-state index contributed by atoms with van der Waals surface area (Å²) >= 11 is 10.2. The van der Waals surface area contributed by atoms with Crippen LogP contribution in [0.5, 0.6) is 5.75 Å². The van der Waals surface area contributed by atoms with Crippen LogP contribution >= 0.6 is 45.7 Å². The highest BCUT2D eigenvalue weighted by atomic mass is 79.9. The van der Waals surface area contributed by atoms with Crippen molar-refractivity contribution in [2.45, 2.75) is 13.3 Å². The van der Waals surface area contributed by atoms with E-state index in [1.165, 1.54) is 0 Å². The van der Waals surface area contributed by atoms with Gasteiger partial charge in [-0.1, -0.05) is 34.5 Å². The molecule has 1 N–H and O–H groups in total. The fourth-order valence-corrected chi connectivity index (χ4v) is 4.35. The summed E-state index contributed by atoms with van der Waals surface area (Å²) in [5.74, 6) is 1.11. The van der Waals surface area contributed by atoms with E-state index >= 15 is 0 Å². The van der Waals surface area contributed by atoms with Crippen LogP contribution in [0.4, 0.5) is 0 Å². The molecule has 8 heteroatoms. The average Bonchev–Trinajstić information content (AvgIpc) is 2.34. The maximum Gasteiger partial charge on any atom is 0.386 e. The molecule has 0 fully saturated rings. The number of ether oxygens (including phenoxy) is 1. The molecule has 1 atom stereocenters. The summed E-state index contributed by atoms with van der Waals surface area (Å²) in [7, 11) is 0. The van der Waals surface area contributed by atoms with Gasteiger partial charge >= 0.3 is 6.80 Å². The van der Waals surface area contributed by atoms with E-state index in [1.807, 2.05) is 6.92 Å². The molecule has 4 nitrogen and oxygen atoms in total. The Balaban J connectivity index is 2.32. The molecule has 0 spiro atoms. The molecule has 0 aliphatic carbocycles. The van der Waals surface area contributed by atoms with Crippen molar-refractivity contribution in [2.24, 2.45) is 0 Å². The van der Waals surface area contributed by atoms with Crippen LogP contribution in [0.3, 0.4) is 0 Å². The molecule has 108 valence electrons. The number of hydrogen-bond acceptors (Lipinski definition) is 4. The summed E-state index contributed by atoms with van der Waals surface area (Å²) in [4.78, 5) is 9.44. The lowest BCUT2D eigenvalue weighted by molar-refractivity contribution is 0.204. The van der Waals surface area contributed by atoms with Gasteiger partial charge in [-0.05, 0) is 36.0 Å². The Morgan fingerprint density at radius 2 is 2.21 bits per heavy atom. The summed E-state index contributed by atoms with van der Waals surface area (Å²) in [6, 6.07) is 5.23. The summed E-state index contributed by atoms with van der Waals surface area (Å²) in [6.45, 7) is -1.41. The van der Waals surface area contributed by atoms with Crippen LogP contribution < -0.4 is 4.74 Å². The minimum Gasteiger partial charge on any atom is -0.490 e. The molecule has 0 amide bonds. The Hall–Kier alpha value is 0.290. The van der Waals surface area contributed by atoms with Crippen molar-refractivity contribution in [3.05, 3.63) is 27.7 Å². The molecule has 0 aliphatic rings. The van der Waals surface area contributed by atoms with Crippen molar-refractivity contribution >= 4 is 45.7 Å². The zero-order chi connectivity index (χ0) is 14.3. The van der Waals surface area contributed by atoms with E-state index in [0.29, 0.717) is 16.5 Å². The van der Waals surface area contributed by atoms with Gasteiger partial charge in [0, 0.05) is 10.2 Å². The highest BCUT2D eigenvalue weighted by Crippen LogP contribution is 2.55. The first-order valence-electron chi connectivity index (χ1n) is 5.64. The molecule has 19 heavy (non-hydrogen) atoms. The van der Waals surface area contributed by atoms with Gasteiger partial charge in [0.1, 0.15) is 12.4 Å². The van der Waals surface area contributed by atoms with Gasteiger partial charge in [0.05, 0.1) is 11.6 Å². The number of benzene rings is 1. The molecule has 1 aromatic carbocycles. The minimum atomic E-state index is -3.55. The van der Waals surface area contributed by atoms with Crippen LogP contribution in [0.15, 0.2) is 22.7 Å². The second kappa shape index (κ2) is 8.55. The standard InChI is InChI=1S/C11H15BrClO4PS/c1-2-7-19-18(14,15)17-6-5-16-11-4-3-9(12)8-10(11)13/h3-4,8H,2,5-7H2,1H3,(H,14,15). The van der Waals surface area contributed by atoms with Crippen LogP contribution in [0, 0.1) is 0 Å². The molecule has 0 heterocycles. The molecule has 0 aliphatic heterocycles. The lowest BCUT2D eigenvalue weighted by atomic mass is 10.3. The van der Waals surface area contributed by atoms with E-state index < -0.39 is 6.80 Å². The third-order valence-electron chi connectivity index (χ3n) is 1.95. The van der Waals surface area contributed by atoms with E-state index in [2.05, 4.69) is 15.9 Å². The zero-order valence-corrected chi connectivity index (χ0v) is 14.4. The van der Waals surface area contributed by atoms with Crippen molar-refractivity contribution < 1.29 is 18.7 Å². The molecular formula is C11H15BrClO4PS. The summed E-state index contributed by atoms with van der Waals surface area (Å²) in [5.41, 5.74) is 0. The van der Waals surface area contributed by atoms with E-state index in [9.17, 15) is 9.46 Å². The first kappa shape index (κ1) is 17.3. The summed E-state index contributed by atoms with van der Waals surface area (Å²) in [5, 5.41) is 0.474. The predicted molar refractivity (Wildman–Crippen MR) is 83.2 cm³/mol. The zero-order valence-electron chi connectivity index (χ0n) is 10.3. The van der Waals surface area contributed by atoms with Crippen LogP contribution in [-0.2, 0) is 9.09 Å². The van der Waals surface area contributed by atoms with Gasteiger partial charge in [-0.25, -0.2) is 4.57 Å². The minimum absolute atomic E-state index is 0.0386. The Morgan fingerprint density at radius 3 is 2.84 bits per heavy atom. The van der Waals surface area contributed by atoms with Gasteiger partial charge in [0.2, 0.25) is 0 Å². The summed E-state index contributed by atoms with van der Waals surface area (Å²) in [6.07, 6.45) is 0.823. The second-order valence-electron chi connectivity index (χ2n) is 3.56. The quantitative estimate of drug-likeness (QED) is 0.514. The SMILES string of the molecule is CCCSP(=O)(O)OCCOc1ccc(Br)cc1Cl. The van der Waals surface area contributed by atoms with Gasteiger partial charge in [0.15, 0.2) is 0 Å².